The maximum Gasteiger partial charge on any atom is 0.390 e. The van der Waals surface area contributed by atoms with Gasteiger partial charge in [0.2, 0.25) is 0 Å². The molecule has 0 aromatic carbocycles. The summed E-state index contributed by atoms with van der Waals surface area (Å²) in [7, 11) is 0. The molecule has 3 N–H and O–H groups in total. The molecule has 0 spiro atoms. The monoisotopic (exact) mass is 178 g/mol. The molecule has 68 valence electrons. The summed E-state index contributed by atoms with van der Waals surface area (Å²) in [6.07, 6.45) is -3.65. The highest BCUT2D eigenvalue weighted by Gasteiger charge is 2.31. The van der Waals surface area contributed by atoms with Gasteiger partial charge in [0, 0.05) is 11.9 Å². The Labute approximate surface area is 67.6 Å². The number of nitrogens with two attached hydrogens (primary N) is 1. The molecule has 1 aromatic rings. The zero-order valence-corrected chi connectivity index (χ0v) is 6.23. The molecule has 0 unspecified atom stereocenters. The Hall–Kier alpha value is -0.970. The zero-order chi connectivity index (χ0) is 9.19. The van der Waals surface area contributed by atoms with Gasteiger partial charge in [0.25, 0.3) is 0 Å². The second kappa shape index (κ2) is 3.18. The van der Waals surface area contributed by atoms with Crippen LogP contribution in [0.15, 0.2) is 18.3 Å². The summed E-state index contributed by atoms with van der Waals surface area (Å²) in [5.41, 5.74) is 5.68. The average Bonchev–Trinajstić information content (AvgIpc) is 2.32. The van der Waals surface area contributed by atoms with E-state index in [4.69, 9.17) is 5.73 Å². The van der Waals surface area contributed by atoms with Crippen molar-refractivity contribution in [2.75, 3.05) is 0 Å². The molecule has 5 heteroatoms. The minimum Gasteiger partial charge on any atom is -0.364 e. The van der Waals surface area contributed by atoms with Crippen molar-refractivity contribution in [1.29, 1.82) is 0 Å². The summed E-state index contributed by atoms with van der Waals surface area (Å²) >= 11 is 0. The first-order valence-electron chi connectivity index (χ1n) is 3.44. The van der Waals surface area contributed by atoms with Crippen molar-refractivity contribution >= 4 is 0 Å². The molecule has 0 saturated carbocycles. The molecule has 2 nitrogen and oxygen atoms in total. The predicted molar refractivity (Wildman–Crippen MR) is 38.4 cm³/mol. The largest absolute Gasteiger partial charge is 0.390 e. The molecule has 1 atom stereocenters. The van der Waals surface area contributed by atoms with Gasteiger partial charge in [0.05, 0.1) is 12.5 Å². The Morgan fingerprint density at radius 2 is 2.17 bits per heavy atom. The molecule has 0 aliphatic heterocycles. The van der Waals surface area contributed by atoms with Crippen LogP contribution in [0.3, 0.4) is 0 Å². The van der Waals surface area contributed by atoms with Gasteiger partial charge in [-0.1, -0.05) is 0 Å². The lowest BCUT2D eigenvalue weighted by Gasteiger charge is -2.12. The number of aromatic amines is 1. The third-order valence-corrected chi connectivity index (χ3v) is 1.47. The molecule has 1 rings (SSSR count). The fraction of sp³-hybridized carbons (Fsp3) is 0.429. The topological polar surface area (TPSA) is 41.8 Å². The van der Waals surface area contributed by atoms with Crippen LogP contribution in [0.4, 0.5) is 13.2 Å². The normalized spacial score (nSPS) is 14.7. The van der Waals surface area contributed by atoms with Gasteiger partial charge in [-0.2, -0.15) is 13.2 Å². The lowest BCUT2D eigenvalue weighted by atomic mass is 10.1. The molecule has 0 radical (unpaired) electrons. The summed E-state index contributed by atoms with van der Waals surface area (Å²) in [5.74, 6) is 0. The molecule has 0 bridgehead atoms. The van der Waals surface area contributed by atoms with Gasteiger partial charge in [0.15, 0.2) is 0 Å². The first-order valence-corrected chi connectivity index (χ1v) is 3.44. The third-order valence-electron chi connectivity index (χ3n) is 1.47. The van der Waals surface area contributed by atoms with Crippen molar-refractivity contribution in [3.05, 3.63) is 24.0 Å². The average molecular weight is 178 g/mol. The molecular weight excluding hydrogens is 169 g/mol. The number of rotatable bonds is 2. The number of alkyl halides is 3. The summed E-state index contributed by atoms with van der Waals surface area (Å²) in [4.78, 5) is 2.63. The molecule has 0 aliphatic rings. The number of H-pyrrole nitrogens is 1. The molecule has 12 heavy (non-hydrogen) atoms. The van der Waals surface area contributed by atoms with E-state index in [0.717, 1.165) is 0 Å². The van der Waals surface area contributed by atoms with Crippen molar-refractivity contribution in [2.45, 2.75) is 18.6 Å². The maximum atomic E-state index is 11.8. The van der Waals surface area contributed by atoms with Crippen LogP contribution in [0.25, 0.3) is 0 Å². The van der Waals surface area contributed by atoms with Crippen LogP contribution in [0.1, 0.15) is 18.2 Å². The fourth-order valence-corrected chi connectivity index (χ4v) is 0.934. The lowest BCUT2D eigenvalue weighted by Crippen LogP contribution is -2.20. The van der Waals surface area contributed by atoms with Crippen LogP contribution >= 0.6 is 0 Å². The van der Waals surface area contributed by atoms with Crippen LogP contribution in [0.2, 0.25) is 0 Å². The standard InChI is InChI=1S/C7H9F3N2/c8-7(9,10)4-5(11)6-2-1-3-12-6/h1-3,5,12H,4,11H2/t5-/m1/s1. The Kier molecular flexibility index (Phi) is 2.42. The summed E-state index contributed by atoms with van der Waals surface area (Å²) < 4.78 is 35.4. The van der Waals surface area contributed by atoms with E-state index in [1.807, 2.05) is 0 Å². The van der Waals surface area contributed by atoms with E-state index in [0.29, 0.717) is 5.69 Å². The molecule has 0 saturated heterocycles. The molecule has 1 heterocycles. The minimum atomic E-state index is -4.20. The number of nitrogens with one attached hydrogen (secondary N) is 1. The van der Waals surface area contributed by atoms with Crippen LogP contribution < -0.4 is 5.73 Å². The number of hydrogen-bond acceptors (Lipinski definition) is 1. The van der Waals surface area contributed by atoms with E-state index in [-0.39, 0.29) is 0 Å². The second-order valence-electron chi connectivity index (χ2n) is 2.55. The second-order valence-corrected chi connectivity index (χ2v) is 2.55. The molecular formula is C7H9F3N2. The summed E-state index contributed by atoms with van der Waals surface area (Å²) in [5, 5.41) is 0. The van der Waals surface area contributed by atoms with Crippen LogP contribution in [0.5, 0.6) is 0 Å². The van der Waals surface area contributed by atoms with E-state index in [1.165, 1.54) is 6.07 Å². The van der Waals surface area contributed by atoms with Gasteiger partial charge in [-0.25, -0.2) is 0 Å². The van der Waals surface area contributed by atoms with E-state index < -0.39 is 18.6 Å². The Morgan fingerprint density at radius 1 is 1.50 bits per heavy atom. The molecule has 0 aliphatic carbocycles. The quantitative estimate of drug-likeness (QED) is 0.714. The predicted octanol–water partition coefficient (Wildman–Crippen LogP) is 1.97. The Balaban J connectivity index is 2.56. The van der Waals surface area contributed by atoms with Gasteiger partial charge >= 0.3 is 6.18 Å². The SMILES string of the molecule is N[C@H](CC(F)(F)F)c1ccc[nH]1. The number of aromatic nitrogens is 1. The van der Waals surface area contributed by atoms with E-state index >= 15 is 0 Å². The van der Waals surface area contributed by atoms with Gasteiger partial charge in [0.1, 0.15) is 0 Å². The fourth-order valence-electron chi connectivity index (χ4n) is 0.934. The highest BCUT2D eigenvalue weighted by atomic mass is 19.4. The molecule has 1 aromatic heterocycles. The van der Waals surface area contributed by atoms with Crippen molar-refractivity contribution in [2.24, 2.45) is 5.73 Å². The van der Waals surface area contributed by atoms with E-state index in [1.54, 1.807) is 12.3 Å². The van der Waals surface area contributed by atoms with Crippen LogP contribution in [-0.2, 0) is 0 Å². The van der Waals surface area contributed by atoms with E-state index in [9.17, 15) is 13.2 Å². The smallest absolute Gasteiger partial charge is 0.364 e. The zero-order valence-electron chi connectivity index (χ0n) is 6.23. The maximum absolute atomic E-state index is 11.8. The highest BCUT2D eigenvalue weighted by Crippen LogP contribution is 2.26. The number of halogens is 3. The van der Waals surface area contributed by atoms with Crippen molar-refractivity contribution < 1.29 is 13.2 Å². The highest BCUT2D eigenvalue weighted by molar-refractivity contribution is 5.08. The minimum absolute atomic E-state index is 0.410. The molecule has 0 fully saturated rings. The van der Waals surface area contributed by atoms with Crippen LogP contribution in [0, 0.1) is 0 Å². The number of hydrogen-bond donors (Lipinski definition) is 2. The van der Waals surface area contributed by atoms with Crippen molar-refractivity contribution in [3.63, 3.8) is 0 Å². The van der Waals surface area contributed by atoms with Crippen molar-refractivity contribution in [3.8, 4) is 0 Å². The van der Waals surface area contributed by atoms with Gasteiger partial charge in [-0.3, -0.25) is 0 Å². The van der Waals surface area contributed by atoms with E-state index in [2.05, 4.69) is 4.98 Å². The van der Waals surface area contributed by atoms with Gasteiger partial charge in [-0.05, 0) is 12.1 Å². The first-order chi connectivity index (χ1) is 5.49. The summed E-state index contributed by atoms with van der Waals surface area (Å²) in [6, 6.07) is 2.17. The Morgan fingerprint density at radius 3 is 2.58 bits per heavy atom. The lowest BCUT2D eigenvalue weighted by molar-refractivity contribution is -0.138. The third kappa shape index (κ3) is 2.58. The van der Waals surface area contributed by atoms with Gasteiger partial charge in [-0.15, -0.1) is 0 Å². The Bertz CT molecular complexity index is 227. The molecule has 0 amide bonds. The van der Waals surface area contributed by atoms with Gasteiger partial charge < -0.3 is 10.7 Å². The van der Waals surface area contributed by atoms with Crippen LogP contribution in [-0.4, -0.2) is 11.2 Å². The summed E-state index contributed by atoms with van der Waals surface area (Å²) in [6.45, 7) is 0. The van der Waals surface area contributed by atoms with Crippen molar-refractivity contribution in [1.82, 2.24) is 4.98 Å². The first kappa shape index (κ1) is 9.12.